The predicted octanol–water partition coefficient (Wildman–Crippen LogP) is 5.48. The number of ether oxygens (including phenoxy) is 3. The minimum absolute atomic E-state index is 0. The van der Waals surface area contributed by atoms with Crippen molar-refractivity contribution < 1.29 is 27.8 Å². The predicted molar refractivity (Wildman–Crippen MR) is 130 cm³/mol. The summed E-state index contributed by atoms with van der Waals surface area (Å²) in [7, 11) is 0. The SMILES string of the molecule is Cl.O=C(CN1CC[C@H](c2ccc(F)cc2)[C@@H](COc2ccc3c(c2)OCO3)C1)c1ccc(F)cc1. The van der Waals surface area contributed by atoms with Crippen molar-refractivity contribution in [2.75, 3.05) is 33.0 Å². The summed E-state index contributed by atoms with van der Waals surface area (Å²) in [6, 6.07) is 17.7. The Bertz CT molecular complexity index is 1160. The van der Waals surface area contributed by atoms with Gasteiger partial charge in [0.1, 0.15) is 17.4 Å². The van der Waals surface area contributed by atoms with Crippen molar-refractivity contribution in [3.63, 3.8) is 0 Å². The standard InChI is InChI=1S/C27H25F2NO4.ClH/c28-21-5-1-18(2-6-21)24-11-12-30(15-25(31)19-3-7-22(29)8-4-19)14-20(24)16-32-23-9-10-26-27(13-23)34-17-33-26;/h1-10,13,20,24H,11-12,14-17H2;1H/t20-,24-;/m1./s1. The lowest BCUT2D eigenvalue weighted by Gasteiger charge is -2.38. The molecule has 0 aromatic heterocycles. The third-order valence-electron chi connectivity index (χ3n) is 6.46. The third-order valence-corrected chi connectivity index (χ3v) is 6.46. The number of hydrogen-bond donors (Lipinski definition) is 0. The van der Waals surface area contributed by atoms with Gasteiger partial charge in [0.05, 0.1) is 13.2 Å². The second-order valence-corrected chi connectivity index (χ2v) is 8.70. The fourth-order valence-corrected chi connectivity index (χ4v) is 4.67. The van der Waals surface area contributed by atoms with Gasteiger partial charge in [0, 0.05) is 24.1 Å². The molecule has 184 valence electrons. The molecule has 0 saturated carbocycles. The Hall–Kier alpha value is -3.16. The molecule has 2 aliphatic heterocycles. The molecule has 0 unspecified atom stereocenters. The molecule has 0 spiro atoms. The molecule has 2 heterocycles. The van der Waals surface area contributed by atoms with Gasteiger partial charge < -0.3 is 14.2 Å². The molecular weight excluding hydrogens is 476 g/mol. The van der Waals surface area contributed by atoms with E-state index >= 15 is 0 Å². The molecule has 0 amide bonds. The highest BCUT2D eigenvalue weighted by Gasteiger charge is 2.32. The Labute approximate surface area is 209 Å². The van der Waals surface area contributed by atoms with Crippen LogP contribution < -0.4 is 14.2 Å². The number of nitrogens with zero attached hydrogens (tertiary/aromatic N) is 1. The monoisotopic (exact) mass is 501 g/mol. The summed E-state index contributed by atoms with van der Waals surface area (Å²) in [6.07, 6.45) is 0.817. The molecule has 5 nitrogen and oxygen atoms in total. The lowest BCUT2D eigenvalue weighted by molar-refractivity contribution is 0.0806. The van der Waals surface area contributed by atoms with Crippen molar-refractivity contribution in [2.45, 2.75) is 12.3 Å². The number of benzene rings is 3. The lowest BCUT2D eigenvalue weighted by atomic mass is 9.80. The molecule has 5 rings (SSSR count). The van der Waals surface area contributed by atoms with Crippen molar-refractivity contribution in [1.29, 1.82) is 0 Å². The average molecular weight is 502 g/mol. The van der Waals surface area contributed by atoms with Gasteiger partial charge in [0.25, 0.3) is 0 Å². The van der Waals surface area contributed by atoms with Crippen LogP contribution >= 0.6 is 12.4 Å². The summed E-state index contributed by atoms with van der Waals surface area (Å²) >= 11 is 0. The van der Waals surface area contributed by atoms with Crippen molar-refractivity contribution in [1.82, 2.24) is 4.90 Å². The minimum atomic E-state index is -0.364. The fraction of sp³-hybridized carbons (Fsp3) is 0.296. The molecule has 0 radical (unpaired) electrons. The van der Waals surface area contributed by atoms with Gasteiger partial charge in [0.15, 0.2) is 17.3 Å². The Morgan fingerprint density at radius 1 is 0.943 bits per heavy atom. The first-order valence-corrected chi connectivity index (χ1v) is 11.3. The Morgan fingerprint density at radius 3 is 2.37 bits per heavy atom. The Balaban J connectivity index is 0.00000289. The molecule has 2 atom stereocenters. The van der Waals surface area contributed by atoms with Crippen molar-refractivity contribution in [3.05, 3.63) is 89.5 Å². The van der Waals surface area contributed by atoms with Crippen molar-refractivity contribution >= 4 is 18.2 Å². The zero-order chi connectivity index (χ0) is 23.5. The third kappa shape index (κ3) is 5.92. The van der Waals surface area contributed by atoms with E-state index in [9.17, 15) is 13.6 Å². The maximum Gasteiger partial charge on any atom is 0.231 e. The first-order chi connectivity index (χ1) is 16.5. The van der Waals surface area contributed by atoms with Gasteiger partial charge in [-0.3, -0.25) is 9.69 Å². The lowest BCUT2D eigenvalue weighted by Crippen LogP contribution is -2.44. The zero-order valence-corrected chi connectivity index (χ0v) is 19.8. The van der Waals surface area contributed by atoms with Gasteiger partial charge in [-0.15, -0.1) is 12.4 Å². The quantitative estimate of drug-likeness (QED) is 0.401. The van der Waals surface area contributed by atoms with Gasteiger partial charge in [-0.2, -0.15) is 0 Å². The fourth-order valence-electron chi connectivity index (χ4n) is 4.67. The maximum absolute atomic E-state index is 13.5. The summed E-state index contributed by atoms with van der Waals surface area (Å²) in [5.41, 5.74) is 1.56. The van der Waals surface area contributed by atoms with Gasteiger partial charge in [-0.25, -0.2) is 8.78 Å². The summed E-state index contributed by atoms with van der Waals surface area (Å²) in [5, 5.41) is 0. The number of halogens is 3. The molecule has 35 heavy (non-hydrogen) atoms. The van der Waals surface area contributed by atoms with Crippen LogP contribution in [0.1, 0.15) is 28.3 Å². The van der Waals surface area contributed by atoms with Crippen LogP contribution in [-0.2, 0) is 0 Å². The van der Waals surface area contributed by atoms with Gasteiger partial charge in [0.2, 0.25) is 6.79 Å². The highest BCUT2D eigenvalue weighted by atomic mass is 35.5. The molecule has 0 aliphatic carbocycles. The first kappa shape index (κ1) is 24.9. The van der Waals surface area contributed by atoms with Crippen LogP contribution in [0, 0.1) is 17.6 Å². The summed E-state index contributed by atoms with van der Waals surface area (Å²) in [5.74, 6) is 1.62. The number of rotatable bonds is 7. The number of fused-ring (bicyclic) bond motifs is 1. The average Bonchev–Trinajstić information content (AvgIpc) is 3.32. The summed E-state index contributed by atoms with van der Waals surface area (Å²) < 4.78 is 43.6. The van der Waals surface area contributed by atoms with Crippen molar-refractivity contribution in [2.24, 2.45) is 5.92 Å². The van der Waals surface area contributed by atoms with E-state index in [0.717, 1.165) is 18.5 Å². The molecule has 8 heteroatoms. The molecule has 1 fully saturated rings. The van der Waals surface area contributed by atoms with E-state index in [2.05, 4.69) is 4.90 Å². The van der Waals surface area contributed by atoms with E-state index in [1.807, 2.05) is 30.3 Å². The summed E-state index contributed by atoms with van der Waals surface area (Å²) in [6.45, 7) is 2.27. The first-order valence-electron chi connectivity index (χ1n) is 11.3. The molecule has 2 aliphatic rings. The van der Waals surface area contributed by atoms with Crippen LogP contribution in [0.25, 0.3) is 0 Å². The number of Topliss-reactive ketones (excluding diaryl/α,β-unsaturated/α-hetero) is 1. The highest BCUT2D eigenvalue weighted by molar-refractivity contribution is 5.97. The number of likely N-dealkylation sites (tertiary alicyclic amines) is 1. The van der Waals surface area contributed by atoms with E-state index in [-0.39, 0.29) is 55.0 Å². The largest absolute Gasteiger partial charge is 0.493 e. The number of piperidine rings is 1. The van der Waals surface area contributed by atoms with Crippen LogP contribution in [0.5, 0.6) is 17.2 Å². The van der Waals surface area contributed by atoms with E-state index in [0.29, 0.717) is 36.0 Å². The van der Waals surface area contributed by atoms with Gasteiger partial charge in [-0.1, -0.05) is 12.1 Å². The smallest absolute Gasteiger partial charge is 0.231 e. The Kier molecular flexibility index (Phi) is 7.88. The summed E-state index contributed by atoms with van der Waals surface area (Å²) in [4.78, 5) is 14.9. The van der Waals surface area contributed by atoms with Crippen LogP contribution in [0.2, 0.25) is 0 Å². The molecule has 1 saturated heterocycles. The van der Waals surface area contributed by atoms with Crippen LogP contribution in [0.15, 0.2) is 66.7 Å². The number of hydrogen-bond acceptors (Lipinski definition) is 5. The maximum atomic E-state index is 13.5. The normalized spacial score (nSPS) is 19.1. The van der Waals surface area contributed by atoms with Gasteiger partial charge >= 0.3 is 0 Å². The number of carbonyl (C=O) groups excluding carboxylic acids is 1. The molecular formula is C27H26ClF2NO4. The molecule has 0 bridgehead atoms. The van der Waals surface area contributed by atoms with Gasteiger partial charge in [-0.05, 0) is 73.0 Å². The number of ketones is 1. The molecule has 3 aromatic carbocycles. The number of carbonyl (C=O) groups is 1. The second kappa shape index (κ2) is 11.1. The minimum Gasteiger partial charge on any atom is -0.493 e. The van der Waals surface area contributed by atoms with Crippen molar-refractivity contribution in [3.8, 4) is 17.2 Å². The zero-order valence-electron chi connectivity index (χ0n) is 19.0. The van der Waals surface area contributed by atoms with Crippen LogP contribution in [0.4, 0.5) is 8.78 Å². The van der Waals surface area contributed by atoms with E-state index in [4.69, 9.17) is 14.2 Å². The topological polar surface area (TPSA) is 48.0 Å². The molecule has 0 N–H and O–H groups in total. The molecule has 3 aromatic rings. The second-order valence-electron chi connectivity index (χ2n) is 8.70. The van der Waals surface area contributed by atoms with E-state index in [1.54, 1.807) is 0 Å². The van der Waals surface area contributed by atoms with Crippen LogP contribution in [0.3, 0.4) is 0 Å². The Morgan fingerprint density at radius 2 is 1.63 bits per heavy atom. The van der Waals surface area contributed by atoms with Crippen LogP contribution in [-0.4, -0.2) is 43.7 Å². The van der Waals surface area contributed by atoms with E-state index in [1.165, 1.54) is 36.4 Å². The van der Waals surface area contributed by atoms with E-state index < -0.39 is 0 Å². The highest BCUT2D eigenvalue weighted by Crippen LogP contribution is 2.37.